The molecule has 1 aromatic carbocycles. The molecule has 0 saturated heterocycles. The van der Waals surface area contributed by atoms with Gasteiger partial charge in [-0.15, -0.1) is 0 Å². The second kappa shape index (κ2) is 5.81. The smallest absolute Gasteiger partial charge is 0.161 e. The highest BCUT2D eigenvalue weighted by atomic mass is 19.1. The highest BCUT2D eigenvalue weighted by molar-refractivity contribution is 5.38. The molecule has 6 heteroatoms. The lowest BCUT2D eigenvalue weighted by Crippen LogP contribution is -2.21. The normalized spacial score (nSPS) is 12.8. The summed E-state index contributed by atoms with van der Waals surface area (Å²) < 4.78 is 34.4. The molecule has 4 nitrogen and oxygen atoms in total. The van der Waals surface area contributed by atoms with Crippen LogP contribution in [0.2, 0.25) is 0 Å². The minimum Gasteiger partial charge on any atom is -0.493 e. The van der Waals surface area contributed by atoms with Crippen molar-refractivity contribution in [1.29, 1.82) is 0 Å². The SMILES string of the molecule is COc1cnn(C(C)C)c1C(N)c1cc(C)c(F)cc1F. The molecular weight excluding hydrogens is 276 g/mol. The van der Waals surface area contributed by atoms with Gasteiger partial charge in [0.15, 0.2) is 5.75 Å². The zero-order chi connectivity index (χ0) is 15.7. The number of benzene rings is 1. The summed E-state index contributed by atoms with van der Waals surface area (Å²) in [5, 5.41) is 4.22. The molecule has 0 fully saturated rings. The van der Waals surface area contributed by atoms with Crippen molar-refractivity contribution < 1.29 is 13.5 Å². The van der Waals surface area contributed by atoms with Crippen LogP contribution in [0.15, 0.2) is 18.3 Å². The first-order valence-corrected chi connectivity index (χ1v) is 6.69. The van der Waals surface area contributed by atoms with E-state index in [1.165, 1.54) is 13.2 Å². The number of nitrogens with two attached hydrogens (primary N) is 1. The van der Waals surface area contributed by atoms with Gasteiger partial charge in [0.05, 0.1) is 19.3 Å². The van der Waals surface area contributed by atoms with Gasteiger partial charge in [0, 0.05) is 17.7 Å². The zero-order valence-corrected chi connectivity index (χ0v) is 12.5. The number of halogens is 2. The van der Waals surface area contributed by atoms with Gasteiger partial charge in [-0.3, -0.25) is 4.68 Å². The Morgan fingerprint density at radius 3 is 2.48 bits per heavy atom. The van der Waals surface area contributed by atoms with Crippen LogP contribution in [0.1, 0.15) is 42.8 Å². The van der Waals surface area contributed by atoms with Crippen molar-refractivity contribution in [3.8, 4) is 5.75 Å². The van der Waals surface area contributed by atoms with E-state index in [9.17, 15) is 8.78 Å². The fourth-order valence-corrected chi connectivity index (χ4v) is 2.29. The second-order valence-corrected chi connectivity index (χ2v) is 5.24. The van der Waals surface area contributed by atoms with Crippen molar-refractivity contribution >= 4 is 0 Å². The summed E-state index contributed by atoms with van der Waals surface area (Å²) in [6, 6.07) is 1.53. The van der Waals surface area contributed by atoms with Crippen LogP contribution in [0.25, 0.3) is 0 Å². The molecule has 2 N–H and O–H groups in total. The van der Waals surface area contributed by atoms with E-state index in [1.807, 2.05) is 13.8 Å². The molecule has 0 aliphatic carbocycles. The molecule has 1 aromatic heterocycles. The Morgan fingerprint density at radius 1 is 1.24 bits per heavy atom. The van der Waals surface area contributed by atoms with Gasteiger partial charge in [-0.2, -0.15) is 5.10 Å². The highest BCUT2D eigenvalue weighted by Crippen LogP contribution is 2.32. The summed E-state index contributed by atoms with van der Waals surface area (Å²) in [4.78, 5) is 0. The third kappa shape index (κ3) is 2.76. The lowest BCUT2D eigenvalue weighted by atomic mass is 10.0. The second-order valence-electron chi connectivity index (χ2n) is 5.24. The first-order chi connectivity index (χ1) is 9.86. The summed E-state index contributed by atoms with van der Waals surface area (Å²) in [6.07, 6.45) is 1.55. The molecule has 1 heterocycles. The number of aromatic nitrogens is 2. The van der Waals surface area contributed by atoms with Crippen LogP contribution in [-0.4, -0.2) is 16.9 Å². The van der Waals surface area contributed by atoms with E-state index < -0.39 is 17.7 Å². The summed E-state index contributed by atoms with van der Waals surface area (Å²) in [7, 11) is 1.50. The number of nitrogens with zero attached hydrogens (tertiary/aromatic N) is 2. The molecule has 0 bridgehead atoms. The number of hydrogen-bond donors (Lipinski definition) is 1. The van der Waals surface area contributed by atoms with Gasteiger partial charge in [-0.05, 0) is 32.4 Å². The van der Waals surface area contributed by atoms with Crippen molar-refractivity contribution in [3.63, 3.8) is 0 Å². The fourth-order valence-electron chi connectivity index (χ4n) is 2.29. The minimum atomic E-state index is -0.788. The van der Waals surface area contributed by atoms with E-state index in [0.29, 0.717) is 17.0 Å². The molecule has 0 radical (unpaired) electrons. The predicted molar refractivity (Wildman–Crippen MR) is 76.3 cm³/mol. The standard InChI is InChI=1S/C15H19F2N3O/c1-8(2)20-15(13(21-4)7-19-20)14(18)10-5-9(3)11(16)6-12(10)17/h5-8,14H,18H2,1-4H3. The molecule has 0 saturated carbocycles. The zero-order valence-electron chi connectivity index (χ0n) is 12.5. The van der Waals surface area contributed by atoms with Crippen molar-refractivity contribution in [2.24, 2.45) is 5.73 Å². The van der Waals surface area contributed by atoms with Gasteiger partial charge in [-0.25, -0.2) is 8.78 Å². The van der Waals surface area contributed by atoms with Crippen LogP contribution >= 0.6 is 0 Å². The monoisotopic (exact) mass is 295 g/mol. The molecule has 2 rings (SSSR count). The molecule has 0 spiro atoms. The van der Waals surface area contributed by atoms with Crippen LogP contribution in [0.3, 0.4) is 0 Å². The Kier molecular flexibility index (Phi) is 4.27. The maximum absolute atomic E-state index is 14.1. The molecule has 2 aromatic rings. The van der Waals surface area contributed by atoms with Crippen LogP contribution in [0.4, 0.5) is 8.78 Å². The molecule has 114 valence electrons. The molecule has 1 atom stereocenters. The Labute approximate surface area is 122 Å². The van der Waals surface area contributed by atoms with Crippen LogP contribution in [0.5, 0.6) is 5.75 Å². The molecule has 1 unspecified atom stereocenters. The van der Waals surface area contributed by atoms with Crippen molar-refractivity contribution in [2.45, 2.75) is 32.9 Å². The third-order valence-electron chi connectivity index (χ3n) is 3.42. The van der Waals surface area contributed by atoms with E-state index in [2.05, 4.69) is 5.10 Å². The number of methoxy groups -OCH3 is 1. The average Bonchev–Trinajstić information content (AvgIpc) is 2.86. The topological polar surface area (TPSA) is 53.1 Å². The average molecular weight is 295 g/mol. The maximum atomic E-state index is 14.1. The van der Waals surface area contributed by atoms with E-state index >= 15 is 0 Å². The Bertz CT molecular complexity index is 653. The highest BCUT2D eigenvalue weighted by Gasteiger charge is 2.24. The van der Waals surface area contributed by atoms with Crippen molar-refractivity contribution in [3.05, 3.63) is 46.8 Å². The number of aryl methyl sites for hydroxylation is 1. The van der Waals surface area contributed by atoms with Crippen LogP contribution in [0, 0.1) is 18.6 Å². The molecule has 0 aliphatic heterocycles. The van der Waals surface area contributed by atoms with Gasteiger partial charge >= 0.3 is 0 Å². The first kappa shape index (κ1) is 15.4. The first-order valence-electron chi connectivity index (χ1n) is 6.69. The van der Waals surface area contributed by atoms with Crippen LogP contribution < -0.4 is 10.5 Å². The molecule has 0 aliphatic rings. The summed E-state index contributed by atoms with van der Waals surface area (Å²) in [5.41, 5.74) is 7.32. The summed E-state index contributed by atoms with van der Waals surface area (Å²) >= 11 is 0. The van der Waals surface area contributed by atoms with E-state index in [-0.39, 0.29) is 11.6 Å². The number of rotatable bonds is 4. The van der Waals surface area contributed by atoms with Gasteiger partial charge < -0.3 is 10.5 Å². The van der Waals surface area contributed by atoms with Gasteiger partial charge in [0.2, 0.25) is 0 Å². The van der Waals surface area contributed by atoms with Crippen LogP contribution in [-0.2, 0) is 0 Å². The molecule has 21 heavy (non-hydrogen) atoms. The third-order valence-corrected chi connectivity index (χ3v) is 3.42. The van der Waals surface area contributed by atoms with Gasteiger partial charge in [0.25, 0.3) is 0 Å². The van der Waals surface area contributed by atoms with Crippen molar-refractivity contribution in [1.82, 2.24) is 9.78 Å². The Balaban J connectivity index is 2.57. The predicted octanol–water partition coefficient (Wildman–Crippen LogP) is 3.11. The summed E-state index contributed by atoms with van der Waals surface area (Å²) in [6.45, 7) is 5.45. The summed E-state index contributed by atoms with van der Waals surface area (Å²) in [5.74, 6) is -0.783. The Hall–Kier alpha value is -1.95. The quantitative estimate of drug-likeness (QED) is 0.943. The molecule has 0 amide bonds. The molecular formula is C15H19F2N3O. The fraction of sp³-hybridized carbons (Fsp3) is 0.400. The number of ether oxygens (including phenoxy) is 1. The van der Waals surface area contributed by atoms with Crippen molar-refractivity contribution in [2.75, 3.05) is 7.11 Å². The van der Waals surface area contributed by atoms with Gasteiger partial charge in [-0.1, -0.05) is 0 Å². The van der Waals surface area contributed by atoms with E-state index in [1.54, 1.807) is 17.8 Å². The lowest BCUT2D eigenvalue weighted by Gasteiger charge is -2.19. The minimum absolute atomic E-state index is 0.0413. The van der Waals surface area contributed by atoms with Gasteiger partial charge in [0.1, 0.15) is 17.3 Å². The number of hydrogen-bond acceptors (Lipinski definition) is 3. The Morgan fingerprint density at radius 2 is 1.90 bits per heavy atom. The largest absolute Gasteiger partial charge is 0.493 e. The van der Waals surface area contributed by atoms with E-state index in [4.69, 9.17) is 10.5 Å². The maximum Gasteiger partial charge on any atom is 0.161 e. The van der Waals surface area contributed by atoms with E-state index in [0.717, 1.165) is 6.07 Å². The lowest BCUT2D eigenvalue weighted by molar-refractivity contribution is 0.400.